The van der Waals surface area contributed by atoms with E-state index in [0.717, 1.165) is 31.4 Å². The van der Waals surface area contributed by atoms with Gasteiger partial charge in [-0.2, -0.15) is 0 Å². The molecule has 0 aromatic carbocycles. The molecule has 3 atom stereocenters. The molecule has 1 aromatic heterocycles. The second-order valence-corrected chi connectivity index (χ2v) is 5.26. The zero-order chi connectivity index (χ0) is 13.5. The first kappa shape index (κ1) is 14.4. The summed E-state index contributed by atoms with van der Waals surface area (Å²) >= 11 is 0. The van der Waals surface area contributed by atoms with Crippen LogP contribution >= 0.6 is 0 Å². The summed E-state index contributed by atoms with van der Waals surface area (Å²) < 4.78 is 5.70. The van der Waals surface area contributed by atoms with Crippen LogP contribution in [0.25, 0.3) is 0 Å². The predicted molar refractivity (Wildman–Crippen MR) is 74.9 cm³/mol. The summed E-state index contributed by atoms with van der Waals surface area (Å²) in [4.78, 5) is 4.00. The average molecular weight is 264 g/mol. The van der Waals surface area contributed by atoms with Crippen LogP contribution in [0.5, 0.6) is 0 Å². The summed E-state index contributed by atoms with van der Waals surface area (Å²) in [5.74, 6) is -0.00779. The highest BCUT2D eigenvalue weighted by atomic mass is 16.5. The van der Waals surface area contributed by atoms with E-state index in [9.17, 15) is 5.11 Å². The smallest absolute Gasteiger partial charge is 0.0621 e. The summed E-state index contributed by atoms with van der Waals surface area (Å²) in [5.41, 5.74) is 6.87. The predicted octanol–water partition coefficient (Wildman–Crippen LogP) is 1.83. The fraction of sp³-hybridized carbons (Fsp3) is 0.667. The van der Waals surface area contributed by atoms with E-state index in [1.807, 2.05) is 12.1 Å². The molecule has 2 rings (SSSR count). The molecule has 19 heavy (non-hydrogen) atoms. The van der Waals surface area contributed by atoms with Crippen molar-refractivity contribution in [1.82, 2.24) is 4.98 Å². The van der Waals surface area contributed by atoms with Gasteiger partial charge in [-0.25, -0.2) is 0 Å². The third-order valence-corrected chi connectivity index (χ3v) is 3.91. The molecule has 0 radical (unpaired) electrons. The molecule has 0 saturated carbocycles. The van der Waals surface area contributed by atoms with Gasteiger partial charge < -0.3 is 15.6 Å². The number of hydrogen-bond acceptors (Lipinski definition) is 4. The molecule has 1 aliphatic heterocycles. The maximum Gasteiger partial charge on any atom is 0.0621 e. The van der Waals surface area contributed by atoms with E-state index in [4.69, 9.17) is 10.5 Å². The van der Waals surface area contributed by atoms with Crippen LogP contribution in [0.3, 0.4) is 0 Å². The lowest BCUT2D eigenvalue weighted by Gasteiger charge is -2.26. The molecule has 0 amide bonds. The highest BCUT2D eigenvalue weighted by Crippen LogP contribution is 2.24. The van der Waals surface area contributed by atoms with E-state index in [1.54, 1.807) is 12.4 Å². The SMILES string of the molecule is NCC(c1ccncc1)C(O)CCC1CCCCO1. The molecule has 4 nitrogen and oxygen atoms in total. The molecule has 1 fully saturated rings. The van der Waals surface area contributed by atoms with E-state index >= 15 is 0 Å². The van der Waals surface area contributed by atoms with Gasteiger partial charge in [0.1, 0.15) is 0 Å². The van der Waals surface area contributed by atoms with Crippen molar-refractivity contribution in [2.75, 3.05) is 13.2 Å². The van der Waals surface area contributed by atoms with Gasteiger partial charge in [0.25, 0.3) is 0 Å². The van der Waals surface area contributed by atoms with Crippen LogP contribution in [0.15, 0.2) is 24.5 Å². The van der Waals surface area contributed by atoms with Crippen molar-refractivity contribution in [3.05, 3.63) is 30.1 Å². The summed E-state index contributed by atoms with van der Waals surface area (Å²) in [7, 11) is 0. The summed E-state index contributed by atoms with van der Waals surface area (Å²) in [6.07, 6.45) is 8.60. The van der Waals surface area contributed by atoms with Gasteiger partial charge in [-0.15, -0.1) is 0 Å². The summed E-state index contributed by atoms with van der Waals surface area (Å²) in [6.45, 7) is 1.32. The Hall–Kier alpha value is -0.970. The topological polar surface area (TPSA) is 68.4 Å². The summed E-state index contributed by atoms with van der Waals surface area (Å²) in [5, 5.41) is 10.3. The first-order chi connectivity index (χ1) is 9.31. The maximum atomic E-state index is 10.3. The number of hydrogen-bond donors (Lipinski definition) is 2. The number of rotatable bonds is 6. The Labute approximate surface area is 115 Å². The van der Waals surface area contributed by atoms with Crippen molar-refractivity contribution in [2.24, 2.45) is 5.73 Å². The number of pyridine rings is 1. The molecule has 0 aliphatic carbocycles. The zero-order valence-corrected chi connectivity index (χ0v) is 11.4. The van der Waals surface area contributed by atoms with Crippen molar-refractivity contribution in [3.63, 3.8) is 0 Å². The Morgan fingerprint density at radius 1 is 1.37 bits per heavy atom. The van der Waals surface area contributed by atoms with Crippen LogP contribution in [0.1, 0.15) is 43.6 Å². The summed E-state index contributed by atoms with van der Waals surface area (Å²) in [6, 6.07) is 3.86. The van der Waals surface area contributed by atoms with Gasteiger partial charge in [0.15, 0.2) is 0 Å². The van der Waals surface area contributed by atoms with Gasteiger partial charge in [-0.05, 0) is 49.8 Å². The molecule has 0 bridgehead atoms. The van der Waals surface area contributed by atoms with E-state index in [1.165, 1.54) is 12.8 Å². The standard InChI is InChI=1S/C15H24N2O2/c16-11-14(12-6-8-17-9-7-12)15(18)5-4-13-3-1-2-10-19-13/h6-9,13-15,18H,1-5,10-11,16H2. The Kier molecular flexibility index (Phi) is 5.76. The monoisotopic (exact) mass is 264 g/mol. The van der Waals surface area contributed by atoms with E-state index < -0.39 is 6.10 Å². The number of ether oxygens (including phenoxy) is 1. The minimum atomic E-state index is -0.405. The molecular formula is C15H24N2O2. The van der Waals surface area contributed by atoms with E-state index in [0.29, 0.717) is 12.6 Å². The quantitative estimate of drug-likeness (QED) is 0.822. The molecule has 106 valence electrons. The average Bonchev–Trinajstić information content (AvgIpc) is 2.48. The number of aromatic nitrogens is 1. The molecule has 3 unspecified atom stereocenters. The third kappa shape index (κ3) is 4.27. The van der Waals surface area contributed by atoms with Crippen molar-refractivity contribution in [3.8, 4) is 0 Å². The fourth-order valence-electron chi connectivity index (χ4n) is 2.72. The number of nitrogens with zero attached hydrogens (tertiary/aromatic N) is 1. The van der Waals surface area contributed by atoms with Gasteiger partial charge >= 0.3 is 0 Å². The van der Waals surface area contributed by atoms with Crippen LogP contribution in [0, 0.1) is 0 Å². The minimum Gasteiger partial charge on any atom is -0.392 e. The Bertz CT molecular complexity index is 352. The van der Waals surface area contributed by atoms with Crippen molar-refractivity contribution < 1.29 is 9.84 Å². The zero-order valence-electron chi connectivity index (χ0n) is 11.4. The Morgan fingerprint density at radius 3 is 2.79 bits per heavy atom. The second kappa shape index (κ2) is 7.58. The molecule has 0 spiro atoms. The highest BCUT2D eigenvalue weighted by Gasteiger charge is 2.22. The lowest BCUT2D eigenvalue weighted by atomic mass is 9.90. The molecule has 2 heterocycles. The van der Waals surface area contributed by atoms with Gasteiger partial charge in [-0.1, -0.05) is 0 Å². The largest absolute Gasteiger partial charge is 0.392 e. The van der Waals surface area contributed by atoms with Gasteiger partial charge in [-0.3, -0.25) is 4.98 Å². The first-order valence-electron chi connectivity index (χ1n) is 7.21. The minimum absolute atomic E-state index is 0.00779. The van der Waals surface area contributed by atoms with Crippen molar-refractivity contribution in [2.45, 2.75) is 50.2 Å². The lowest BCUT2D eigenvalue weighted by Crippen LogP contribution is -2.28. The Morgan fingerprint density at radius 2 is 2.16 bits per heavy atom. The molecular weight excluding hydrogens is 240 g/mol. The Balaban J connectivity index is 1.84. The molecule has 1 aliphatic rings. The fourth-order valence-corrected chi connectivity index (χ4v) is 2.72. The first-order valence-corrected chi connectivity index (χ1v) is 7.21. The van der Waals surface area contributed by atoms with Crippen LogP contribution in [-0.2, 0) is 4.74 Å². The molecule has 1 saturated heterocycles. The van der Waals surface area contributed by atoms with Crippen molar-refractivity contribution in [1.29, 1.82) is 0 Å². The number of aliphatic hydroxyl groups excluding tert-OH is 1. The van der Waals surface area contributed by atoms with Crippen molar-refractivity contribution >= 4 is 0 Å². The van der Waals surface area contributed by atoms with Crippen LogP contribution in [0.4, 0.5) is 0 Å². The second-order valence-electron chi connectivity index (χ2n) is 5.26. The van der Waals surface area contributed by atoms with E-state index in [2.05, 4.69) is 4.98 Å². The van der Waals surface area contributed by atoms with Gasteiger partial charge in [0, 0.05) is 31.5 Å². The van der Waals surface area contributed by atoms with Crippen LogP contribution < -0.4 is 5.73 Å². The number of nitrogens with two attached hydrogens (primary N) is 1. The van der Waals surface area contributed by atoms with Crippen LogP contribution in [0.2, 0.25) is 0 Å². The molecule has 1 aromatic rings. The maximum absolute atomic E-state index is 10.3. The molecule has 3 N–H and O–H groups in total. The van der Waals surface area contributed by atoms with E-state index in [-0.39, 0.29) is 5.92 Å². The molecule has 4 heteroatoms. The van der Waals surface area contributed by atoms with Gasteiger partial charge in [0.2, 0.25) is 0 Å². The highest BCUT2D eigenvalue weighted by molar-refractivity contribution is 5.17. The van der Waals surface area contributed by atoms with Crippen LogP contribution in [-0.4, -0.2) is 35.5 Å². The van der Waals surface area contributed by atoms with Gasteiger partial charge in [0.05, 0.1) is 12.2 Å². The third-order valence-electron chi connectivity index (χ3n) is 3.91. The normalized spacial score (nSPS) is 22.9. The lowest BCUT2D eigenvalue weighted by molar-refractivity contribution is 0.000430. The number of aliphatic hydroxyl groups is 1.